The molecule has 2 atom stereocenters. The largest absolute Gasteiger partial charge is 0.396 e. The van der Waals surface area contributed by atoms with Crippen LogP contribution < -0.4 is 10.6 Å². The number of hydrogen-bond acceptors (Lipinski definition) is 3. The van der Waals surface area contributed by atoms with E-state index >= 15 is 0 Å². The number of carbonyl (C=O) groups excluding carboxylic acids is 1. The molecule has 13 heavy (non-hydrogen) atoms. The topological polar surface area (TPSA) is 61.4 Å². The quantitative estimate of drug-likeness (QED) is 0.531. The van der Waals surface area contributed by atoms with Gasteiger partial charge in [-0.25, -0.2) is 0 Å². The molecule has 78 valence electrons. The summed E-state index contributed by atoms with van der Waals surface area (Å²) in [7, 11) is 1.82. The van der Waals surface area contributed by atoms with E-state index in [2.05, 4.69) is 10.6 Å². The van der Waals surface area contributed by atoms with Gasteiger partial charge in [0.05, 0.1) is 0 Å². The van der Waals surface area contributed by atoms with E-state index in [1.54, 1.807) is 0 Å². The second kappa shape index (κ2) is 6.86. The Kier molecular flexibility index (Phi) is 6.54. The zero-order valence-electron chi connectivity index (χ0n) is 8.63. The fourth-order valence-electron chi connectivity index (χ4n) is 0.912. The van der Waals surface area contributed by atoms with E-state index in [4.69, 9.17) is 5.11 Å². The van der Waals surface area contributed by atoms with Gasteiger partial charge < -0.3 is 15.7 Å². The van der Waals surface area contributed by atoms with Gasteiger partial charge >= 0.3 is 0 Å². The number of aliphatic hydroxyl groups excluding tert-OH is 1. The second-order valence-electron chi connectivity index (χ2n) is 3.49. The molecule has 0 aromatic heterocycles. The predicted octanol–water partition coefficient (Wildman–Crippen LogP) is -0.413. The van der Waals surface area contributed by atoms with Gasteiger partial charge in [0.15, 0.2) is 0 Å². The highest BCUT2D eigenvalue weighted by Crippen LogP contribution is 1.94. The number of amides is 1. The molecule has 0 saturated heterocycles. The maximum atomic E-state index is 11.3. The van der Waals surface area contributed by atoms with E-state index in [9.17, 15) is 4.79 Å². The van der Waals surface area contributed by atoms with Crippen LogP contribution in [0.2, 0.25) is 0 Å². The summed E-state index contributed by atoms with van der Waals surface area (Å²) in [6.45, 7) is 5.10. The van der Waals surface area contributed by atoms with Crippen molar-refractivity contribution in [1.29, 1.82) is 0 Å². The average Bonchev–Trinajstić information content (AvgIpc) is 2.13. The van der Waals surface area contributed by atoms with E-state index in [1.165, 1.54) is 0 Å². The molecule has 0 aromatic carbocycles. The third kappa shape index (κ3) is 5.60. The number of carbonyl (C=O) groups is 1. The fraction of sp³-hybridized carbons (Fsp3) is 0.889. The van der Waals surface area contributed by atoms with E-state index in [-0.39, 0.29) is 24.3 Å². The summed E-state index contributed by atoms with van der Waals surface area (Å²) in [4.78, 5) is 11.3. The molecule has 4 heteroatoms. The van der Waals surface area contributed by atoms with E-state index in [0.29, 0.717) is 13.1 Å². The van der Waals surface area contributed by atoms with Crippen molar-refractivity contribution in [3.63, 3.8) is 0 Å². The van der Waals surface area contributed by atoms with Crippen LogP contribution in [0.3, 0.4) is 0 Å². The van der Waals surface area contributed by atoms with Crippen molar-refractivity contribution in [3.8, 4) is 0 Å². The Hall–Kier alpha value is -0.610. The molecular formula is C9H20N2O2. The van der Waals surface area contributed by atoms with E-state index < -0.39 is 0 Å². The minimum atomic E-state index is -0.0177. The Morgan fingerprint density at radius 3 is 2.46 bits per heavy atom. The van der Waals surface area contributed by atoms with Crippen LogP contribution in [-0.4, -0.2) is 37.8 Å². The summed E-state index contributed by atoms with van der Waals surface area (Å²) in [5, 5.41) is 14.4. The van der Waals surface area contributed by atoms with Gasteiger partial charge in [0.2, 0.25) is 5.91 Å². The van der Waals surface area contributed by atoms with Gasteiger partial charge in [0, 0.05) is 25.6 Å². The summed E-state index contributed by atoms with van der Waals surface area (Å²) in [5.41, 5.74) is 0. The molecule has 0 heterocycles. The first-order chi connectivity index (χ1) is 6.11. The first-order valence-corrected chi connectivity index (χ1v) is 4.65. The maximum Gasteiger partial charge on any atom is 0.224 e. The molecule has 3 N–H and O–H groups in total. The van der Waals surface area contributed by atoms with Crippen molar-refractivity contribution in [2.45, 2.75) is 13.8 Å². The zero-order valence-corrected chi connectivity index (χ0v) is 8.63. The van der Waals surface area contributed by atoms with Crippen LogP contribution in [0, 0.1) is 11.8 Å². The molecule has 0 saturated carbocycles. The van der Waals surface area contributed by atoms with Gasteiger partial charge in [0.1, 0.15) is 0 Å². The van der Waals surface area contributed by atoms with Gasteiger partial charge in [-0.2, -0.15) is 0 Å². The van der Waals surface area contributed by atoms with Crippen LogP contribution in [0.5, 0.6) is 0 Å². The molecule has 2 unspecified atom stereocenters. The standard InChI is InChI=1S/C9H20N2O2/c1-7(6-12)4-11-9(13)8(2)5-10-3/h7-8,10,12H,4-6H2,1-3H3,(H,11,13). The second-order valence-corrected chi connectivity index (χ2v) is 3.49. The van der Waals surface area contributed by atoms with Crippen LogP contribution in [0.15, 0.2) is 0 Å². The molecule has 0 radical (unpaired) electrons. The van der Waals surface area contributed by atoms with Crippen LogP contribution in [0.1, 0.15) is 13.8 Å². The van der Waals surface area contributed by atoms with Gasteiger partial charge in [-0.1, -0.05) is 13.8 Å². The SMILES string of the molecule is CNCC(C)C(=O)NCC(C)CO. The number of rotatable bonds is 6. The van der Waals surface area contributed by atoms with E-state index in [0.717, 1.165) is 0 Å². The minimum Gasteiger partial charge on any atom is -0.396 e. The van der Waals surface area contributed by atoms with Crippen LogP contribution in [-0.2, 0) is 4.79 Å². The van der Waals surface area contributed by atoms with Crippen LogP contribution in [0.25, 0.3) is 0 Å². The summed E-state index contributed by atoms with van der Waals surface area (Å²) >= 11 is 0. The van der Waals surface area contributed by atoms with Crippen molar-refractivity contribution in [1.82, 2.24) is 10.6 Å². The highest BCUT2D eigenvalue weighted by atomic mass is 16.3. The monoisotopic (exact) mass is 188 g/mol. The minimum absolute atomic E-state index is 0.0177. The fourth-order valence-corrected chi connectivity index (χ4v) is 0.912. The Bertz CT molecular complexity index is 151. The molecule has 0 aromatic rings. The van der Waals surface area contributed by atoms with Crippen molar-refractivity contribution in [2.24, 2.45) is 11.8 Å². The number of nitrogens with one attached hydrogen (secondary N) is 2. The summed E-state index contributed by atoms with van der Waals surface area (Å²) in [6, 6.07) is 0. The molecule has 0 bridgehead atoms. The third-order valence-electron chi connectivity index (χ3n) is 1.89. The molecule has 1 amide bonds. The van der Waals surface area contributed by atoms with E-state index in [1.807, 2.05) is 20.9 Å². The average molecular weight is 188 g/mol. The highest BCUT2D eigenvalue weighted by molar-refractivity contribution is 5.78. The summed E-state index contributed by atoms with van der Waals surface area (Å²) < 4.78 is 0. The number of hydrogen-bond donors (Lipinski definition) is 3. The van der Waals surface area contributed by atoms with Gasteiger partial charge in [-0.05, 0) is 13.0 Å². The Labute approximate surface area is 79.7 Å². The lowest BCUT2D eigenvalue weighted by Gasteiger charge is -2.13. The molecule has 0 aliphatic heterocycles. The lowest BCUT2D eigenvalue weighted by molar-refractivity contribution is -0.124. The smallest absolute Gasteiger partial charge is 0.224 e. The zero-order chi connectivity index (χ0) is 10.3. The summed E-state index contributed by atoms with van der Waals surface area (Å²) in [5.74, 6) is 0.149. The Balaban J connectivity index is 3.61. The van der Waals surface area contributed by atoms with Crippen molar-refractivity contribution < 1.29 is 9.90 Å². The lowest BCUT2D eigenvalue weighted by atomic mass is 10.1. The molecular weight excluding hydrogens is 168 g/mol. The van der Waals surface area contributed by atoms with Crippen LogP contribution in [0.4, 0.5) is 0 Å². The predicted molar refractivity (Wildman–Crippen MR) is 52.4 cm³/mol. The van der Waals surface area contributed by atoms with Crippen LogP contribution >= 0.6 is 0 Å². The third-order valence-corrected chi connectivity index (χ3v) is 1.89. The Morgan fingerprint density at radius 1 is 1.38 bits per heavy atom. The molecule has 0 rings (SSSR count). The normalized spacial score (nSPS) is 15.1. The number of aliphatic hydroxyl groups is 1. The molecule has 0 aliphatic carbocycles. The molecule has 4 nitrogen and oxygen atoms in total. The van der Waals surface area contributed by atoms with Crippen molar-refractivity contribution >= 4 is 5.91 Å². The molecule has 0 fully saturated rings. The first kappa shape index (κ1) is 12.4. The van der Waals surface area contributed by atoms with Gasteiger partial charge in [-0.3, -0.25) is 4.79 Å². The maximum absolute atomic E-state index is 11.3. The van der Waals surface area contributed by atoms with Crippen molar-refractivity contribution in [2.75, 3.05) is 26.7 Å². The molecule has 0 spiro atoms. The lowest BCUT2D eigenvalue weighted by Crippen LogP contribution is -2.37. The first-order valence-electron chi connectivity index (χ1n) is 4.65. The Morgan fingerprint density at radius 2 is 2.00 bits per heavy atom. The highest BCUT2D eigenvalue weighted by Gasteiger charge is 2.11. The van der Waals surface area contributed by atoms with Gasteiger partial charge in [0.25, 0.3) is 0 Å². The summed E-state index contributed by atoms with van der Waals surface area (Å²) in [6.07, 6.45) is 0. The van der Waals surface area contributed by atoms with Gasteiger partial charge in [-0.15, -0.1) is 0 Å². The van der Waals surface area contributed by atoms with Crippen molar-refractivity contribution in [3.05, 3.63) is 0 Å². The molecule has 0 aliphatic rings.